The summed E-state index contributed by atoms with van der Waals surface area (Å²) in [5, 5.41) is 2.80. The predicted molar refractivity (Wildman–Crippen MR) is 69.9 cm³/mol. The molecule has 1 amide bonds. The van der Waals surface area contributed by atoms with E-state index in [4.69, 9.17) is 10.5 Å². The van der Waals surface area contributed by atoms with Crippen LogP contribution >= 0.6 is 0 Å². The molecule has 0 radical (unpaired) electrons. The van der Waals surface area contributed by atoms with Crippen LogP contribution in [0.5, 0.6) is 0 Å². The van der Waals surface area contributed by atoms with Crippen molar-refractivity contribution in [3.63, 3.8) is 0 Å². The molecule has 2 atom stereocenters. The van der Waals surface area contributed by atoms with E-state index in [-0.39, 0.29) is 6.09 Å². The van der Waals surface area contributed by atoms with E-state index in [1.807, 2.05) is 30.3 Å². The first-order chi connectivity index (χ1) is 8.74. The van der Waals surface area contributed by atoms with Crippen molar-refractivity contribution in [3.8, 4) is 0 Å². The molecule has 1 aromatic carbocycles. The maximum atomic E-state index is 11.5. The highest BCUT2D eigenvalue weighted by atomic mass is 16.5. The van der Waals surface area contributed by atoms with Gasteiger partial charge in [0.15, 0.2) is 0 Å². The molecule has 98 valence electrons. The van der Waals surface area contributed by atoms with Gasteiger partial charge in [0, 0.05) is 12.6 Å². The van der Waals surface area contributed by atoms with Crippen LogP contribution in [0.1, 0.15) is 24.8 Å². The van der Waals surface area contributed by atoms with Gasteiger partial charge in [0.2, 0.25) is 0 Å². The van der Waals surface area contributed by atoms with Gasteiger partial charge in [-0.2, -0.15) is 0 Å². The first kappa shape index (κ1) is 12.9. The molecule has 0 spiro atoms. The summed E-state index contributed by atoms with van der Waals surface area (Å²) in [6.45, 7) is 0.984. The van der Waals surface area contributed by atoms with Crippen molar-refractivity contribution in [3.05, 3.63) is 35.9 Å². The zero-order valence-corrected chi connectivity index (χ0v) is 10.5. The topological polar surface area (TPSA) is 64.3 Å². The van der Waals surface area contributed by atoms with Crippen LogP contribution in [-0.4, -0.2) is 18.7 Å². The quantitative estimate of drug-likeness (QED) is 0.857. The number of hydrogen-bond acceptors (Lipinski definition) is 3. The average molecular weight is 248 g/mol. The molecule has 4 nitrogen and oxygen atoms in total. The lowest BCUT2D eigenvalue weighted by Crippen LogP contribution is -2.29. The van der Waals surface area contributed by atoms with Gasteiger partial charge < -0.3 is 15.8 Å². The number of hydrogen-bond donors (Lipinski definition) is 2. The smallest absolute Gasteiger partial charge is 0.407 e. The lowest BCUT2D eigenvalue weighted by Gasteiger charge is -2.11. The Morgan fingerprint density at radius 3 is 2.78 bits per heavy atom. The normalized spacial score (nSPS) is 22.7. The van der Waals surface area contributed by atoms with Gasteiger partial charge in [0.05, 0.1) is 0 Å². The van der Waals surface area contributed by atoms with E-state index in [9.17, 15) is 4.79 Å². The Hall–Kier alpha value is -1.55. The fraction of sp³-hybridized carbons (Fsp3) is 0.500. The second kappa shape index (κ2) is 6.40. The highest BCUT2D eigenvalue weighted by Crippen LogP contribution is 2.23. The van der Waals surface area contributed by atoms with Gasteiger partial charge in [0.1, 0.15) is 6.61 Å². The average Bonchev–Trinajstić information content (AvgIpc) is 2.81. The maximum absolute atomic E-state index is 11.5. The van der Waals surface area contributed by atoms with E-state index in [1.165, 1.54) is 0 Å². The van der Waals surface area contributed by atoms with Crippen LogP contribution in [0.2, 0.25) is 0 Å². The second-order valence-corrected chi connectivity index (χ2v) is 4.88. The van der Waals surface area contributed by atoms with Gasteiger partial charge in [-0.05, 0) is 30.7 Å². The molecule has 0 bridgehead atoms. The third-order valence-corrected chi connectivity index (χ3v) is 3.33. The van der Waals surface area contributed by atoms with E-state index < -0.39 is 0 Å². The standard InChI is InChI=1S/C14H20N2O2/c15-13-7-6-12(8-13)9-16-14(17)18-10-11-4-2-1-3-5-11/h1-5,12-13H,6-10,15H2,(H,16,17)/t12-,13+/m1/s1. The van der Waals surface area contributed by atoms with Gasteiger partial charge >= 0.3 is 6.09 Å². The van der Waals surface area contributed by atoms with Gasteiger partial charge in [-0.15, -0.1) is 0 Å². The monoisotopic (exact) mass is 248 g/mol. The van der Waals surface area contributed by atoms with Crippen molar-refractivity contribution in [2.75, 3.05) is 6.54 Å². The number of benzene rings is 1. The molecule has 0 aliphatic heterocycles. The third kappa shape index (κ3) is 4.04. The van der Waals surface area contributed by atoms with Crippen molar-refractivity contribution in [1.82, 2.24) is 5.32 Å². The minimum absolute atomic E-state index is 0.303. The molecule has 1 aromatic rings. The summed E-state index contributed by atoms with van der Waals surface area (Å²) in [6.07, 6.45) is 2.81. The lowest BCUT2D eigenvalue weighted by atomic mass is 10.1. The third-order valence-electron chi connectivity index (χ3n) is 3.33. The second-order valence-electron chi connectivity index (χ2n) is 4.88. The number of carbonyl (C=O) groups is 1. The van der Waals surface area contributed by atoms with Gasteiger partial charge in [-0.1, -0.05) is 30.3 Å². The van der Waals surface area contributed by atoms with Gasteiger partial charge in [-0.25, -0.2) is 4.79 Å². The van der Waals surface area contributed by atoms with E-state index in [1.54, 1.807) is 0 Å². The fourth-order valence-electron chi connectivity index (χ4n) is 2.30. The minimum Gasteiger partial charge on any atom is -0.445 e. The summed E-state index contributed by atoms with van der Waals surface area (Å²) in [5.74, 6) is 0.504. The molecule has 2 rings (SSSR count). The van der Waals surface area contributed by atoms with Gasteiger partial charge in [0.25, 0.3) is 0 Å². The highest BCUT2D eigenvalue weighted by molar-refractivity contribution is 5.67. The van der Waals surface area contributed by atoms with Crippen molar-refractivity contribution >= 4 is 6.09 Å². The molecular formula is C14H20N2O2. The van der Waals surface area contributed by atoms with Crippen molar-refractivity contribution in [2.45, 2.75) is 31.9 Å². The molecule has 0 unspecified atom stereocenters. The van der Waals surface area contributed by atoms with Gasteiger partial charge in [-0.3, -0.25) is 0 Å². The van der Waals surface area contributed by atoms with Crippen LogP contribution in [0.3, 0.4) is 0 Å². The Labute approximate surface area is 108 Å². The number of ether oxygens (including phenoxy) is 1. The Morgan fingerprint density at radius 1 is 1.33 bits per heavy atom. The van der Waals surface area contributed by atoms with Crippen LogP contribution in [0, 0.1) is 5.92 Å². The highest BCUT2D eigenvalue weighted by Gasteiger charge is 2.22. The van der Waals surface area contributed by atoms with E-state index in [0.717, 1.165) is 24.8 Å². The molecule has 1 aliphatic carbocycles. The van der Waals surface area contributed by atoms with E-state index >= 15 is 0 Å². The zero-order valence-electron chi connectivity index (χ0n) is 10.5. The summed E-state index contributed by atoms with van der Waals surface area (Å²) < 4.78 is 5.13. The van der Waals surface area contributed by atoms with Crippen LogP contribution in [-0.2, 0) is 11.3 Å². The molecule has 0 heterocycles. The van der Waals surface area contributed by atoms with Crippen molar-refractivity contribution in [1.29, 1.82) is 0 Å². The van der Waals surface area contributed by atoms with Crippen molar-refractivity contribution < 1.29 is 9.53 Å². The number of rotatable bonds is 4. The Kier molecular flexibility index (Phi) is 4.59. The largest absolute Gasteiger partial charge is 0.445 e. The molecule has 18 heavy (non-hydrogen) atoms. The van der Waals surface area contributed by atoms with E-state index in [0.29, 0.717) is 25.1 Å². The molecule has 0 saturated heterocycles. The number of carbonyl (C=O) groups excluding carboxylic acids is 1. The Bertz CT molecular complexity index is 381. The summed E-state index contributed by atoms with van der Waals surface area (Å²) in [7, 11) is 0. The number of nitrogens with two attached hydrogens (primary N) is 1. The number of alkyl carbamates (subject to hydrolysis) is 1. The van der Waals surface area contributed by atoms with Crippen LogP contribution in [0.4, 0.5) is 4.79 Å². The molecule has 1 fully saturated rings. The minimum atomic E-state index is -0.348. The Morgan fingerprint density at radius 2 is 2.11 bits per heavy atom. The molecule has 0 aromatic heterocycles. The summed E-state index contributed by atoms with van der Waals surface area (Å²) >= 11 is 0. The molecule has 1 saturated carbocycles. The van der Waals surface area contributed by atoms with E-state index in [2.05, 4.69) is 5.32 Å². The first-order valence-corrected chi connectivity index (χ1v) is 6.44. The van der Waals surface area contributed by atoms with Crippen LogP contribution in [0.25, 0.3) is 0 Å². The lowest BCUT2D eigenvalue weighted by molar-refractivity contribution is 0.138. The molecular weight excluding hydrogens is 228 g/mol. The summed E-state index contributed by atoms with van der Waals surface area (Å²) in [6, 6.07) is 9.96. The molecule has 4 heteroatoms. The Balaban J connectivity index is 1.63. The predicted octanol–water partition coefficient (Wildman–Crippen LogP) is 2.04. The summed E-state index contributed by atoms with van der Waals surface area (Å²) in [5.41, 5.74) is 6.82. The summed E-state index contributed by atoms with van der Waals surface area (Å²) in [4.78, 5) is 11.5. The molecule has 3 N–H and O–H groups in total. The number of amides is 1. The zero-order chi connectivity index (χ0) is 12.8. The van der Waals surface area contributed by atoms with Crippen LogP contribution in [0.15, 0.2) is 30.3 Å². The number of nitrogens with one attached hydrogen (secondary N) is 1. The van der Waals surface area contributed by atoms with Crippen molar-refractivity contribution in [2.24, 2.45) is 11.7 Å². The first-order valence-electron chi connectivity index (χ1n) is 6.44. The van der Waals surface area contributed by atoms with Crippen LogP contribution < -0.4 is 11.1 Å². The maximum Gasteiger partial charge on any atom is 0.407 e. The molecule has 1 aliphatic rings. The SMILES string of the molecule is N[C@H]1CC[C@@H](CNC(=O)OCc2ccccc2)C1. The fourth-order valence-corrected chi connectivity index (χ4v) is 2.30.